The van der Waals surface area contributed by atoms with Gasteiger partial charge in [0.25, 0.3) is 0 Å². The summed E-state index contributed by atoms with van der Waals surface area (Å²) >= 11 is 6.50. The van der Waals surface area contributed by atoms with Crippen LogP contribution in [0.15, 0.2) is 30.3 Å². The summed E-state index contributed by atoms with van der Waals surface area (Å²) in [7, 11) is 0. The van der Waals surface area contributed by atoms with Crippen molar-refractivity contribution in [3.05, 3.63) is 52.6 Å². The van der Waals surface area contributed by atoms with Crippen LogP contribution in [-0.2, 0) is 9.59 Å². The van der Waals surface area contributed by atoms with Crippen LogP contribution < -0.4 is 0 Å². The quantitative estimate of drug-likeness (QED) is 0.605. The summed E-state index contributed by atoms with van der Waals surface area (Å²) in [5, 5.41) is 4.79. The molecule has 0 unspecified atom stereocenters. The van der Waals surface area contributed by atoms with Crippen LogP contribution in [0.2, 0.25) is 5.15 Å². The normalized spacial score (nSPS) is 17.9. The number of amides is 2. The maximum Gasteiger partial charge on any atom is 0.246 e. The first-order valence-electron chi connectivity index (χ1n) is 11.9. The molecule has 7 nitrogen and oxygen atoms in total. The number of aryl methyl sites for hydroxylation is 1. The Kier molecular flexibility index (Phi) is 8.00. The van der Waals surface area contributed by atoms with E-state index in [1.165, 1.54) is 35.7 Å². The maximum absolute atomic E-state index is 13.2. The highest BCUT2D eigenvalue weighted by atomic mass is 35.5. The van der Waals surface area contributed by atoms with Gasteiger partial charge in [-0.1, -0.05) is 24.4 Å². The minimum absolute atomic E-state index is 0.0940. The Hall–Kier alpha value is -2.71. The number of piperazine rings is 1. The number of benzene rings is 1. The van der Waals surface area contributed by atoms with Gasteiger partial charge in [0.15, 0.2) is 0 Å². The molecule has 1 aromatic carbocycles. The number of carbonyl (C=O) groups excluding carboxylic acids is 2. The van der Waals surface area contributed by atoms with Gasteiger partial charge in [0.2, 0.25) is 11.8 Å². The Morgan fingerprint density at radius 1 is 0.971 bits per heavy atom. The standard InChI is InChI=1S/C25H31ClFN5O2/c1-19-22(25(26)32(28-19)21-8-6-20(27)7-9-21)10-11-23(33)31-16-14-29(15-17-31)18-24(34)30-12-4-2-3-5-13-30/h6-11H,2-5,12-18H2,1H3/b11-10+. The summed E-state index contributed by atoms with van der Waals surface area (Å²) in [6, 6.07) is 5.90. The Morgan fingerprint density at radius 3 is 2.26 bits per heavy atom. The smallest absolute Gasteiger partial charge is 0.246 e. The zero-order valence-electron chi connectivity index (χ0n) is 19.6. The summed E-state index contributed by atoms with van der Waals surface area (Å²) in [6.07, 6.45) is 7.79. The summed E-state index contributed by atoms with van der Waals surface area (Å²) < 4.78 is 14.8. The van der Waals surface area contributed by atoms with E-state index in [-0.39, 0.29) is 17.6 Å². The van der Waals surface area contributed by atoms with Gasteiger partial charge < -0.3 is 9.80 Å². The van der Waals surface area contributed by atoms with Gasteiger partial charge in [-0.05, 0) is 50.1 Å². The second-order valence-electron chi connectivity index (χ2n) is 8.91. The molecule has 2 aliphatic rings. The van der Waals surface area contributed by atoms with E-state index in [2.05, 4.69) is 10.00 Å². The van der Waals surface area contributed by atoms with Gasteiger partial charge in [-0.3, -0.25) is 14.5 Å². The summed E-state index contributed by atoms with van der Waals surface area (Å²) in [5.41, 5.74) is 1.97. The van der Waals surface area contributed by atoms with Gasteiger partial charge in [0.05, 0.1) is 17.9 Å². The second kappa shape index (κ2) is 11.1. The summed E-state index contributed by atoms with van der Waals surface area (Å²) in [6.45, 7) is 6.49. The molecule has 2 amide bonds. The molecule has 0 bridgehead atoms. The molecule has 2 aromatic rings. The lowest BCUT2D eigenvalue weighted by Crippen LogP contribution is -2.51. The zero-order chi connectivity index (χ0) is 24.1. The molecule has 2 fully saturated rings. The lowest BCUT2D eigenvalue weighted by Gasteiger charge is -2.34. The molecule has 0 spiro atoms. The molecule has 0 radical (unpaired) electrons. The van der Waals surface area contributed by atoms with Gasteiger partial charge in [0.1, 0.15) is 11.0 Å². The number of carbonyl (C=O) groups is 2. The molecule has 182 valence electrons. The SMILES string of the molecule is Cc1nn(-c2ccc(F)cc2)c(Cl)c1/C=C/C(=O)N1CCN(CC(=O)N2CCCCCC2)CC1. The Balaban J connectivity index is 1.31. The highest BCUT2D eigenvalue weighted by Gasteiger charge is 2.24. The first kappa shape index (κ1) is 24.4. The van der Waals surface area contributed by atoms with Crippen molar-refractivity contribution < 1.29 is 14.0 Å². The van der Waals surface area contributed by atoms with Gasteiger partial charge in [0, 0.05) is 50.9 Å². The van der Waals surface area contributed by atoms with Gasteiger partial charge in [-0.15, -0.1) is 0 Å². The molecule has 1 aromatic heterocycles. The molecular weight excluding hydrogens is 457 g/mol. The number of halogens is 2. The number of likely N-dealkylation sites (tertiary alicyclic amines) is 1. The zero-order valence-corrected chi connectivity index (χ0v) is 20.3. The molecule has 2 aliphatic heterocycles. The van der Waals surface area contributed by atoms with E-state index in [0.717, 1.165) is 25.9 Å². The van der Waals surface area contributed by atoms with Crippen molar-refractivity contribution >= 4 is 29.5 Å². The molecule has 34 heavy (non-hydrogen) atoms. The van der Waals surface area contributed by atoms with Crippen molar-refractivity contribution in [2.75, 3.05) is 45.8 Å². The minimum atomic E-state index is -0.333. The third kappa shape index (κ3) is 5.85. The molecule has 9 heteroatoms. The van der Waals surface area contributed by atoms with Crippen molar-refractivity contribution in [3.8, 4) is 5.69 Å². The van der Waals surface area contributed by atoms with E-state index in [0.29, 0.717) is 54.8 Å². The average Bonchev–Trinajstić information content (AvgIpc) is 3.01. The molecule has 4 rings (SSSR count). The monoisotopic (exact) mass is 487 g/mol. The van der Waals surface area contributed by atoms with Crippen molar-refractivity contribution in [2.24, 2.45) is 0 Å². The lowest BCUT2D eigenvalue weighted by atomic mass is 10.2. The Bertz CT molecular complexity index is 1040. The predicted octanol–water partition coefficient (Wildman–Crippen LogP) is 3.53. The van der Waals surface area contributed by atoms with Crippen LogP contribution in [0.4, 0.5) is 4.39 Å². The van der Waals surface area contributed by atoms with Crippen LogP contribution in [-0.4, -0.2) is 82.1 Å². The first-order valence-corrected chi connectivity index (χ1v) is 12.3. The highest BCUT2D eigenvalue weighted by molar-refractivity contribution is 6.31. The number of hydrogen-bond donors (Lipinski definition) is 0. The number of hydrogen-bond acceptors (Lipinski definition) is 4. The minimum Gasteiger partial charge on any atom is -0.342 e. The van der Waals surface area contributed by atoms with E-state index >= 15 is 0 Å². The van der Waals surface area contributed by atoms with Gasteiger partial charge >= 0.3 is 0 Å². The van der Waals surface area contributed by atoms with Crippen molar-refractivity contribution in [1.82, 2.24) is 24.5 Å². The van der Waals surface area contributed by atoms with Crippen LogP contribution in [0, 0.1) is 12.7 Å². The third-order valence-corrected chi connectivity index (χ3v) is 6.88. The van der Waals surface area contributed by atoms with E-state index in [1.54, 1.807) is 23.1 Å². The van der Waals surface area contributed by atoms with Crippen molar-refractivity contribution in [1.29, 1.82) is 0 Å². The molecule has 0 saturated carbocycles. The van der Waals surface area contributed by atoms with Crippen LogP contribution in [0.5, 0.6) is 0 Å². The van der Waals surface area contributed by atoms with Gasteiger partial charge in [-0.25, -0.2) is 9.07 Å². The molecule has 2 saturated heterocycles. The van der Waals surface area contributed by atoms with E-state index in [1.807, 2.05) is 11.8 Å². The number of aromatic nitrogens is 2. The lowest BCUT2D eigenvalue weighted by molar-refractivity contribution is -0.133. The average molecular weight is 488 g/mol. The van der Waals surface area contributed by atoms with Crippen LogP contribution in [0.1, 0.15) is 36.9 Å². The molecule has 0 aliphatic carbocycles. The van der Waals surface area contributed by atoms with Gasteiger partial charge in [-0.2, -0.15) is 5.10 Å². The molecule has 3 heterocycles. The van der Waals surface area contributed by atoms with E-state index in [4.69, 9.17) is 11.6 Å². The largest absolute Gasteiger partial charge is 0.342 e. The molecular formula is C25H31ClFN5O2. The van der Waals surface area contributed by atoms with Crippen molar-refractivity contribution in [2.45, 2.75) is 32.6 Å². The van der Waals surface area contributed by atoms with Crippen LogP contribution in [0.3, 0.4) is 0 Å². The molecule has 0 atom stereocenters. The van der Waals surface area contributed by atoms with Crippen LogP contribution in [0.25, 0.3) is 11.8 Å². The Labute approximate surface area is 204 Å². The fourth-order valence-electron chi connectivity index (χ4n) is 4.45. The fourth-order valence-corrected chi connectivity index (χ4v) is 4.79. The maximum atomic E-state index is 13.2. The number of nitrogens with zero attached hydrogens (tertiary/aromatic N) is 5. The molecule has 0 N–H and O–H groups in total. The van der Waals surface area contributed by atoms with Crippen molar-refractivity contribution in [3.63, 3.8) is 0 Å². The van der Waals surface area contributed by atoms with Crippen LogP contribution >= 0.6 is 11.6 Å². The second-order valence-corrected chi connectivity index (χ2v) is 9.27. The fraction of sp³-hybridized carbons (Fsp3) is 0.480. The predicted molar refractivity (Wildman–Crippen MR) is 130 cm³/mol. The van der Waals surface area contributed by atoms with E-state index < -0.39 is 0 Å². The highest BCUT2D eigenvalue weighted by Crippen LogP contribution is 2.25. The summed E-state index contributed by atoms with van der Waals surface area (Å²) in [4.78, 5) is 31.3. The Morgan fingerprint density at radius 2 is 1.62 bits per heavy atom. The number of rotatable bonds is 5. The summed E-state index contributed by atoms with van der Waals surface area (Å²) in [5.74, 6) is -0.228. The van der Waals surface area contributed by atoms with E-state index in [9.17, 15) is 14.0 Å². The topological polar surface area (TPSA) is 61.7 Å². The third-order valence-electron chi connectivity index (χ3n) is 6.51. The first-order chi connectivity index (χ1) is 16.4.